The van der Waals surface area contributed by atoms with Gasteiger partial charge in [-0.3, -0.25) is 4.79 Å². The molecule has 0 saturated carbocycles. The van der Waals surface area contributed by atoms with Crippen LogP contribution in [0.1, 0.15) is 57.1 Å². The van der Waals surface area contributed by atoms with E-state index in [4.69, 9.17) is 9.47 Å². The van der Waals surface area contributed by atoms with E-state index in [1.54, 1.807) is 52.0 Å². The second-order valence-corrected chi connectivity index (χ2v) is 11.8. The number of nitrogens with zero attached hydrogens (tertiary/aromatic N) is 2. The fourth-order valence-electron chi connectivity index (χ4n) is 3.60. The van der Waals surface area contributed by atoms with E-state index < -0.39 is 21.5 Å². The summed E-state index contributed by atoms with van der Waals surface area (Å²) in [4.78, 5) is 24.1. The van der Waals surface area contributed by atoms with E-state index in [0.29, 0.717) is 17.9 Å². The highest BCUT2D eigenvalue weighted by Crippen LogP contribution is 2.36. The van der Waals surface area contributed by atoms with Crippen LogP contribution in [0.15, 0.2) is 47.4 Å². The molecule has 0 fully saturated rings. The quantitative estimate of drug-likeness (QED) is 0.323. The number of aromatic nitrogens is 2. The van der Waals surface area contributed by atoms with Crippen LogP contribution in [0.4, 0.5) is 5.69 Å². The van der Waals surface area contributed by atoms with Gasteiger partial charge in [0.2, 0.25) is 21.8 Å². The van der Waals surface area contributed by atoms with Gasteiger partial charge in [0.25, 0.3) is 0 Å². The highest BCUT2D eigenvalue weighted by molar-refractivity contribution is 7.89. The zero-order valence-corrected chi connectivity index (χ0v) is 23.8. The van der Waals surface area contributed by atoms with Gasteiger partial charge in [0.15, 0.2) is 5.69 Å². The van der Waals surface area contributed by atoms with Crippen LogP contribution in [0.2, 0.25) is 0 Å². The number of benzene rings is 2. The molecule has 210 valence electrons. The number of anilines is 1. The Morgan fingerprint density at radius 2 is 1.77 bits per heavy atom. The average Bonchev–Trinajstić information content (AvgIpc) is 3.19. The van der Waals surface area contributed by atoms with Gasteiger partial charge < -0.3 is 19.9 Å². The molecule has 3 N–H and O–H groups in total. The van der Waals surface area contributed by atoms with Gasteiger partial charge in [-0.15, -0.1) is 0 Å². The topological polar surface area (TPSA) is 149 Å². The number of hydrogen-bond donors (Lipinski definition) is 3. The Morgan fingerprint density at radius 3 is 2.31 bits per heavy atom. The molecule has 12 heteroatoms. The van der Waals surface area contributed by atoms with E-state index in [-0.39, 0.29) is 45.3 Å². The molecule has 1 heterocycles. The van der Waals surface area contributed by atoms with Crippen LogP contribution in [0.3, 0.4) is 0 Å². The molecule has 3 rings (SSSR count). The number of carboxylic acids is 1. The Balaban J connectivity index is 2.17. The lowest BCUT2D eigenvalue weighted by Crippen LogP contribution is -2.40. The smallest absolute Gasteiger partial charge is 0.356 e. The van der Waals surface area contributed by atoms with Crippen LogP contribution in [0, 0.1) is 12.8 Å². The third kappa shape index (κ3) is 6.95. The number of methoxy groups -OCH3 is 1. The molecular formula is C27H34N4O7S. The molecule has 0 aliphatic rings. The number of aromatic carboxylic acids is 1. The van der Waals surface area contributed by atoms with Crippen LogP contribution < -0.4 is 19.5 Å². The number of carbonyl (C=O) groups is 2. The standard InChI is InChI=1S/C27H34N4O7S/c1-8-16(2)24(32)28-18-9-14-21(22(15-18)39(35,36)30-27(4,5)6)38-25-17(3)23(26(33)34)29-31(25)19-10-12-20(37-7)13-11-19/h9-16,30H,8H2,1-7H3,(H,28,32)(H,33,34)/t16-/m0/s1. The first-order valence-corrected chi connectivity index (χ1v) is 13.8. The normalized spacial score (nSPS) is 12.6. The number of amides is 1. The van der Waals surface area contributed by atoms with Crippen molar-refractivity contribution in [2.75, 3.05) is 12.4 Å². The lowest BCUT2D eigenvalue weighted by molar-refractivity contribution is -0.119. The van der Waals surface area contributed by atoms with E-state index >= 15 is 0 Å². The molecule has 0 bridgehead atoms. The SMILES string of the molecule is CC[C@H](C)C(=O)Nc1ccc(Oc2c(C)c(C(=O)O)nn2-c2ccc(OC)cc2)c(S(=O)(=O)NC(C)(C)C)c1. The summed E-state index contributed by atoms with van der Waals surface area (Å²) in [6.45, 7) is 10.3. The molecule has 0 radical (unpaired) electrons. The van der Waals surface area contributed by atoms with Crippen molar-refractivity contribution in [3.05, 3.63) is 53.7 Å². The third-order valence-corrected chi connectivity index (χ3v) is 7.58. The van der Waals surface area contributed by atoms with Crippen molar-refractivity contribution in [2.45, 2.75) is 58.4 Å². The number of rotatable bonds is 10. The fourth-order valence-corrected chi connectivity index (χ4v) is 5.17. The molecule has 0 spiro atoms. The Hall–Kier alpha value is -3.90. The van der Waals surface area contributed by atoms with Crippen molar-refractivity contribution in [3.8, 4) is 23.1 Å². The molecule has 1 atom stereocenters. The first-order valence-electron chi connectivity index (χ1n) is 12.3. The maximum Gasteiger partial charge on any atom is 0.356 e. The fraction of sp³-hybridized carbons (Fsp3) is 0.370. The molecule has 1 aromatic heterocycles. The van der Waals surface area contributed by atoms with Crippen LogP contribution in [0.25, 0.3) is 5.69 Å². The van der Waals surface area contributed by atoms with Crippen molar-refractivity contribution in [1.82, 2.24) is 14.5 Å². The molecule has 0 aliphatic heterocycles. The van der Waals surface area contributed by atoms with Gasteiger partial charge in [-0.1, -0.05) is 13.8 Å². The summed E-state index contributed by atoms with van der Waals surface area (Å²) >= 11 is 0. The molecule has 39 heavy (non-hydrogen) atoms. The monoisotopic (exact) mass is 558 g/mol. The first kappa shape index (κ1) is 29.7. The Labute approximate surface area is 228 Å². The van der Waals surface area contributed by atoms with E-state index in [2.05, 4.69) is 15.1 Å². The lowest BCUT2D eigenvalue weighted by atomic mass is 10.1. The summed E-state index contributed by atoms with van der Waals surface area (Å²) in [7, 11) is -2.63. The predicted octanol–water partition coefficient (Wildman–Crippen LogP) is 4.74. The third-order valence-electron chi connectivity index (χ3n) is 5.80. The van der Waals surface area contributed by atoms with E-state index in [1.807, 2.05) is 6.92 Å². The van der Waals surface area contributed by atoms with Gasteiger partial charge in [0, 0.05) is 22.7 Å². The minimum atomic E-state index is -4.15. The van der Waals surface area contributed by atoms with Gasteiger partial charge in [0.05, 0.1) is 12.8 Å². The van der Waals surface area contributed by atoms with E-state index in [1.165, 1.54) is 36.9 Å². The molecule has 0 unspecified atom stereocenters. The molecule has 1 amide bonds. The minimum Gasteiger partial charge on any atom is -0.497 e. The summed E-state index contributed by atoms with van der Waals surface area (Å²) in [5.74, 6) is -1.28. The maximum absolute atomic E-state index is 13.5. The van der Waals surface area contributed by atoms with Crippen LogP contribution in [0.5, 0.6) is 17.4 Å². The zero-order chi connectivity index (χ0) is 29.1. The number of sulfonamides is 1. The Morgan fingerprint density at radius 1 is 1.13 bits per heavy atom. The lowest BCUT2D eigenvalue weighted by Gasteiger charge is -2.22. The Bertz CT molecular complexity index is 1470. The predicted molar refractivity (Wildman–Crippen MR) is 146 cm³/mol. The number of hydrogen-bond acceptors (Lipinski definition) is 7. The summed E-state index contributed by atoms with van der Waals surface area (Å²) in [6, 6.07) is 10.9. The van der Waals surface area contributed by atoms with Gasteiger partial charge in [-0.25, -0.2) is 17.9 Å². The minimum absolute atomic E-state index is 0.0150. The van der Waals surface area contributed by atoms with Crippen LogP contribution in [-0.2, 0) is 14.8 Å². The van der Waals surface area contributed by atoms with Crippen molar-refractivity contribution in [3.63, 3.8) is 0 Å². The second-order valence-electron chi connectivity index (χ2n) is 10.1. The van der Waals surface area contributed by atoms with Gasteiger partial charge in [-0.2, -0.15) is 9.78 Å². The number of ether oxygens (including phenoxy) is 2. The van der Waals surface area contributed by atoms with Crippen molar-refractivity contribution in [1.29, 1.82) is 0 Å². The molecule has 0 aliphatic carbocycles. The second kappa shape index (κ2) is 11.5. The Kier molecular flexibility index (Phi) is 8.71. The first-order chi connectivity index (χ1) is 18.2. The maximum atomic E-state index is 13.5. The molecule has 11 nitrogen and oxygen atoms in total. The van der Waals surface area contributed by atoms with Gasteiger partial charge in [0.1, 0.15) is 16.4 Å². The van der Waals surface area contributed by atoms with Gasteiger partial charge >= 0.3 is 5.97 Å². The van der Waals surface area contributed by atoms with Gasteiger partial charge in [-0.05, 0) is 76.6 Å². The largest absolute Gasteiger partial charge is 0.497 e. The molecule has 0 saturated heterocycles. The highest BCUT2D eigenvalue weighted by atomic mass is 32.2. The van der Waals surface area contributed by atoms with Crippen molar-refractivity contribution < 1.29 is 32.6 Å². The molecule has 3 aromatic rings. The van der Waals surface area contributed by atoms with E-state index in [9.17, 15) is 23.1 Å². The summed E-state index contributed by atoms with van der Waals surface area (Å²) < 4.78 is 42.1. The highest BCUT2D eigenvalue weighted by Gasteiger charge is 2.29. The van der Waals surface area contributed by atoms with Crippen molar-refractivity contribution >= 4 is 27.6 Å². The molecular weight excluding hydrogens is 524 g/mol. The summed E-state index contributed by atoms with van der Waals surface area (Å²) in [5, 5.41) is 16.6. The summed E-state index contributed by atoms with van der Waals surface area (Å²) in [6.07, 6.45) is 0.615. The number of nitrogens with one attached hydrogen (secondary N) is 2. The number of carbonyl (C=O) groups excluding carboxylic acids is 1. The van der Waals surface area contributed by atoms with Crippen LogP contribution in [-0.4, -0.2) is 47.8 Å². The molecule has 2 aromatic carbocycles. The summed E-state index contributed by atoms with van der Waals surface area (Å²) in [5.41, 5.74) is -0.136. The zero-order valence-electron chi connectivity index (χ0n) is 23.0. The van der Waals surface area contributed by atoms with E-state index in [0.717, 1.165) is 0 Å². The van der Waals surface area contributed by atoms with Crippen molar-refractivity contribution in [2.24, 2.45) is 5.92 Å². The van der Waals surface area contributed by atoms with Crippen LogP contribution >= 0.6 is 0 Å². The average molecular weight is 559 g/mol. The number of carboxylic acid groups (broad SMARTS) is 1.